The van der Waals surface area contributed by atoms with Crippen LogP contribution in [0.3, 0.4) is 0 Å². The van der Waals surface area contributed by atoms with Crippen LogP contribution in [0.25, 0.3) is 0 Å². The fourth-order valence-electron chi connectivity index (χ4n) is 1.54. The molecule has 0 aliphatic rings. The van der Waals surface area contributed by atoms with E-state index in [9.17, 15) is 26.7 Å². The molecule has 0 fully saturated rings. The molecule has 0 atom stereocenters. The van der Waals surface area contributed by atoms with Gasteiger partial charge in [0.05, 0.1) is 28.9 Å². The predicted molar refractivity (Wildman–Crippen MR) is 53.4 cm³/mol. The highest BCUT2D eigenvalue weighted by Crippen LogP contribution is 2.38. The average molecular weight is 284 g/mol. The van der Waals surface area contributed by atoms with Crippen molar-refractivity contribution in [3.8, 4) is 0 Å². The maximum absolute atomic E-state index is 12.7. The van der Waals surface area contributed by atoms with Crippen LogP contribution in [-0.2, 0) is 23.9 Å². The minimum absolute atomic E-state index is 0.314. The van der Waals surface area contributed by atoms with Crippen molar-refractivity contribution in [1.29, 1.82) is 0 Å². The van der Waals surface area contributed by atoms with Gasteiger partial charge < -0.3 is 10.8 Å². The monoisotopic (exact) mass is 284 g/mol. The van der Waals surface area contributed by atoms with Crippen molar-refractivity contribution in [1.82, 2.24) is 4.98 Å². The Morgan fingerprint density at radius 3 is 2.37 bits per heavy atom. The summed E-state index contributed by atoms with van der Waals surface area (Å²) in [5, 5.41) is 8.50. The van der Waals surface area contributed by atoms with E-state index < -0.39 is 54.1 Å². The van der Waals surface area contributed by atoms with E-state index in [1.54, 1.807) is 0 Å². The summed E-state index contributed by atoms with van der Waals surface area (Å²) in [5.74, 6) is -1.42. The molecule has 3 N–H and O–H groups in total. The third kappa shape index (κ3) is 3.60. The lowest BCUT2D eigenvalue weighted by molar-refractivity contribution is -0.140. The van der Waals surface area contributed by atoms with E-state index in [0.29, 0.717) is 6.07 Å². The molecule has 106 valence electrons. The maximum Gasteiger partial charge on any atom is 0.417 e. The Kier molecular flexibility index (Phi) is 4.40. The van der Waals surface area contributed by atoms with E-state index in [-0.39, 0.29) is 0 Å². The summed E-state index contributed by atoms with van der Waals surface area (Å²) in [6.07, 6.45) is -9.24. The molecule has 0 aliphatic heterocycles. The van der Waals surface area contributed by atoms with E-state index in [4.69, 9.17) is 10.8 Å². The van der Waals surface area contributed by atoms with Crippen LogP contribution in [0, 0.1) is 0 Å². The van der Waals surface area contributed by atoms with E-state index in [2.05, 4.69) is 4.98 Å². The summed E-state index contributed by atoms with van der Waals surface area (Å²) in [5.41, 5.74) is 1.07. The van der Waals surface area contributed by atoms with Crippen molar-refractivity contribution in [2.75, 3.05) is 0 Å². The van der Waals surface area contributed by atoms with E-state index in [0.717, 1.165) is 0 Å². The Morgan fingerprint density at radius 2 is 2.00 bits per heavy atom. The number of carboxylic acids is 1. The van der Waals surface area contributed by atoms with Gasteiger partial charge in [0.1, 0.15) is 0 Å². The SMILES string of the molecule is NCc1nc(CC(=O)O)cc(C(F)(F)F)c1C(F)F. The van der Waals surface area contributed by atoms with Gasteiger partial charge in [0.25, 0.3) is 6.43 Å². The molecule has 0 saturated heterocycles. The molecule has 1 aromatic rings. The van der Waals surface area contributed by atoms with Crippen LogP contribution in [0.2, 0.25) is 0 Å². The van der Waals surface area contributed by atoms with Crippen molar-refractivity contribution < 1.29 is 31.9 Å². The summed E-state index contributed by atoms with van der Waals surface area (Å²) in [6.45, 7) is -0.643. The van der Waals surface area contributed by atoms with E-state index >= 15 is 0 Å². The van der Waals surface area contributed by atoms with Crippen molar-refractivity contribution in [2.45, 2.75) is 25.6 Å². The van der Waals surface area contributed by atoms with Crippen LogP contribution in [0.1, 0.15) is 28.9 Å². The van der Waals surface area contributed by atoms with Crippen LogP contribution < -0.4 is 5.73 Å². The first-order chi connectivity index (χ1) is 8.66. The summed E-state index contributed by atoms with van der Waals surface area (Å²) < 4.78 is 63.5. The molecule has 9 heteroatoms. The molecule has 0 bridgehead atoms. The number of pyridine rings is 1. The number of aliphatic carboxylic acids is 1. The van der Waals surface area contributed by atoms with Gasteiger partial charge in [-0.05, 0) is 6.07 Å². The van der Waals surface area contributed by atoms with Gasteiger partial charge in [-0.15, -0.1) is 0 Å². The number of aromatic nitrogens is 1. The second-order valence-corrected chi connectivity index (χ2v) is 3.59. The number of halogens is 5. The van der Waals surface area contributed by atoms with E-state index in [1.807, 2.05) is 0 Å². The van der Waals surface area contributed by atoms with Crippen molar-refractivity contribution in [3.63, 3.8) is 0 Å². The first-order valence-electron chi connectivity index (χ1n) is 4.96. The van der Waals surface area contributed by atoms with Gasteiger partial charge in [-0.2, -0.15) is 13.2 Å². The number of alkyl halides is 5. The van der Waals surface area contributed by atoms with Gasteiger partial charge in [-0.25, -0.2) is 8.78 Å². The number of carboxylic acid groups (broad SMARTS) is 1. The van der Waals surface area contributed by atoms with Crippen molar-refractivity contribution in [3.05, 3.63) is 28.6 Å². The van der Waals surface area contributed by atoms with Crippen LogP contribution in [-0.4, -0.2) is 16.1 Å². The minimum Gasteiger partial charge on any atom is -0.481 e. The lowest BCUT2D eigenvalue weighted by atomic mass is 10.0. The third-order valence-corrected chi connectivity index (χ3v) is 2.24. The quantitative estimate of drug-likeness (QED) is 0.830. The Balaban J connectivity index is 3.50. The van der Waals surface area contributed by atoms with Gasteiger partial charge in [0, 0.05) is 6.54 Å². The molecule has 19 heavy (non-hydrogen) atoms. The Labute approximate surface area is 104 Å². The summed E-state index contributed by atoms with van der Waals surface area (Å²) in [4.78, 5) is 13.9. The van der Waals surface area contributed by atoms with Crippen molar-refractivity contribution in [2.24, 2.45) is 5.73 Å². The van der Waals surface area contributed by atoms with Crippen LogP contribution in [0.15, 0.2) is 6.07 Å². The average Bonchev–Trinajstić information content (AvgIpc) is 2.25. The third-order valence-electron chi connectivity index (χ3n) is 2.24. The molecule has 0 amide bonds. The molecule has 0 aliphatic carbocycles. The molecule has 1 aromatic heterocycles. The molecular weight excluding hydrogens is 275 g/mol. The molecule has 0 radical (unpaired) electrons. The second kappa shape index (κ2) is 5.47. The number of hydrogen-bond donors (Lipinski definition) is 2. The highest BCUT2D eigenvalue weighted by Gasteiger charge is 2.38. The lowest BCUT2D eigenvalue weighted by Crippen LogP contribution is -2.18. The fraction of sp³-hybridized carbons (Fsp3) is 0.400. The van der Waals surface area contributed by atoms with Gasteiger partial charge in [-0.3, -0.25) is 9.78 Å². The molecule has 4 nitrogen and oxygen atoms in total. The van der Waals surface area contributed by atoms with Gasteiger partial charge in [0.2, 0.25) is 0 Å². The normalized spacial score (nSPS) is 11.9. The minimum atomic E-state index is -5.04. The zero-order valence-corrected chi connectivity index (χ0v) is 9.34. The second-order valence-electron chi connectivity index (χ2n) is 3.59. The Bertz CT molecular complexity index is 488. The summed E-state index contributed by atoms with van der Waals surface area (Å²) >= 11 is 0. The first-order valence-corrected chi connectivity index (χ1v) is 4.96. The smallest absolute Gasteiger partial charge is 0.417 e. The zero-order valence-electron chi connectivity index (χ0n) is 9.34. The van der Waals surface area contributed by atoms with Crippen molar-refractivity contribution >= 4 is 5.97 Å². The molecule has 1 rings (SSSR count). The van der Waals surface area contributed by atoms with Crippen LogP contribution in [0.4, 0.5) is 22.0 Å². The molecule has 0 unspecified atom stereocenters. The van der Waals surface area contributed by atoms with Crippen LogP contribution in [0.5, 0.6) is 0 Å². The van der Waals surface area contributed by atoms with E-state index in [1.165, 1.54) is 0 Å². The topological polar surface area (TPSA) is 76.2 Å². The van der Waals surface area contributed by atoms with Gasteiger partial charge >= 0.3 is 12.1 Å². The first kappa shape index (κ1) is 15.3. The highest BCUT2D eigenvalue weighted by atomic mass is 19.4. The standard InChI is InChI=1S/C10H9F5N2O2/c11-9(12)8-5(10(13,14)15)1-4(2-7(18)19)17-6(8)3-16/h1,9H,2-3,16H2,(H,18,19). The van der Waals surface area contributed by atoms with Gasteiger partial charge in [-0.1, -0.05) is 0 Å². The Hall–Kier alpha value is -1.77. The predicted octanol–water partition coefficient (Wildman–Crippen LogP) is 2.12. The number of hydrogen-bond acceptors (Lipinski definition) is 3. The molecule has 0 spiro atoms. The summed E-state index contributed by atoms with van der Waals surface area (Å²) in [7, 11) is 0. The highest BCUT2D eigenvalue weighted by molar-refractivity contribution is 5.69. The Morgan fingerprint density at radius 1 is 1.42 bits per heavy atom. The number of nitrogens with two attached hydrogens (primary N) is 1. The summed E-state index contributed by atoms with van der Waals surface area (Å²) in [6, 6.07) is 0.314. The number of carbonyl (C=O) groups is 1. The molecule has 0 aromatic carbocycles. The number of nitrogens with zero attached hydrogens (tertiary/aromatic N) is 1. The maximum atomic E-state index is 12.7. The number of rotatable bonds is 4. The molecule has 0 saturated carbocycles. The molecular formula is C10H9F5N2O2. The lowest BCUT2D eigenvalue weighted by Gasteiger charge is -2.16. The largest absolute Gasteiger partial charge is 0.481 e. The molecule has 1 heterocycles. The van der Waals surface area contributed by atoms with Gasteiger partial charge in [0.15, 0.2) is 0 Å². The zero-order chi connectivity index (χ0) is 14.8. The van der Waals surface area contributed by atoms with Crippen LogP contribution >= 0.6 is 0 Å². The fourth-order valence-corrected chi connectivity index (χ4v) is 1.54.